The number of halogens is 1. The minimum atomic E-state index is -0.0702. The van der Waals surface area contributed by atoms with Crippen LogP contribution >= 0.6 is 11.6 Å². The lowest BCUT2D eigenvalue weighted by atomic mass is 9.84. The number of hydrogen-bond donors (Lipinski definition) is 2. The number of amides is 1. The second kappa shape index (κ2) is 12.0. The van der Waals surface area contributed by atoms with Crippen molar-refractivity contribution < 1.29 is 9.90 Å². The maximum atomic E-state index is 13.4. The van der Waals surface area contributed by atoms with Crippen LogP contribution in [0, 0.1) is 5.92 Å². The molecule has 0 bridgehead atoms. The van der Waals surface area contributed by atoms with Gasteiger partial charge in [-0.05, 0) is 104 Å². The predicted molar refractivity (Wildman–Crippen MR) is 161 cm³/mol. The fraction of sp³-hybridized carbons (Fsp3) is 0.441. The molecule has 2 N–H and O–H groups in total. The van der Waals surface area contributed by atoms with Crippen LogP contribution in [0.3, 0.4) is 0 Å². The molecular formula is C34H41ClN2O2. The van der Waals surface area contributed by atoms with Gasteiger partial charge in [-0.25, -0.2) is 0 Å². The predicted octanol–water partition coefficient (Wildman–Crippen LogP) is 8.21. The molecule has 0 radical (unpaired) electrons. The summed E-state index contributed by atoms with van der Waals surface area (Å²) in [7, 11) is 0. The minimum absolute atomic E-state index is 0.0418. The van der Waals surface area contributed by atoms with Crippen LogP contribution in [0.2, 0.25) is 5.02 Å². The van der Waals surface area contributed by atoms with E-state index in [1.54, 1.807) is 6.07 Å². The summed E-state index contributed by atoms with van der Waals surface area (Å²) in [6.07, 6.45) is 8.15. The molecular weight excluding hydrogens is 504 g/mol. The number of nitrogens with one attached hydrogen (secondary N) is 1. The van der Waals surface area contributed by atoms with Crippen LogP contribution in [0.1, 0.15) is 97.4 Å². The van der Waals surface area contributed by atoms with Gasteiger partial charge in [0.05, 0.1) is 6.04 Å². The highest BCUT2D eigenvalue weighted by Crippen LogP contribution is 2.45. The lowest BCUT2D eigenvalue weighted by Gasteiger charge is -2.35. The molecule has 1 aliphatic heterocycles. The van der Waals surface area contributed by atoms with E-state index in [0.717, 1.165) is 30.5 Å². The Morgan fingerprint density at radius 3 is 2.51 bits per heavy atom. The number of phenolic OH excluding ortho intramolecular Hbond substituents is 1. The number of rotatable bonds is 10. The maximum absolute atomic E-state index is 13.4. The van der Waals surface area contributed by atoms with E-state index in [1.807, 2.05) is 25.1 Å². The van der Waals surface area contributed by atoms with Crippen molar-refractivity contribution in [2.45, 2.75) is 83.7 Å². The molecule has 1 fully saturated rings. The summed E-state index contributed by atoms with van der Waals surface area (Å²) in [5.41, 5.74) is 6.65. The molecule has 4 nitrogen and oxygen atoms in total. The van der Waals surface area contributed by atoms with Gasteiger partial charge in [-0.1, -0.05) is 61.7 Å². The van der Waals surface area contributed by atoms with Crippen LogP contribution in [-0.4, -0.2) is 23.6 Å². The topological polar surface area (TPSA) is 52.6 Å². The number of hydrogen-bond acceptors (Lipinski definition) is 3. The molecule has 2 unspecified atom stereocenters. The number of benzene rings is 3. The molecule has 1 amide bonds. The van der Waals surface area contributed by atoms with E-state index in [1.165, 1.54) is 48.9 Å². The number of unbranched alkanes of at least 4 members (excludes halogenated alkanes) is 1. The molecule has 5 heteroatoms. The van der Waals surface area contributed by atoms with E-state index in [9.17, 15) is 9.90 Å². The number of aromatic hydroxyl groups is 1. The fourth-order valence-corrected chi connectivity index (χ4v) is 6.42. The number of anilines is 1. The zero-order valence-corrected chi connectivity index (χ0v) is 24.2. The van der Waals surface area contributed by atoms with Gasteiger partial charge in [0.15, 0.2) is 0 Å². The lowest BCUT2D eigenvalue weighted by molar-refractivity contribution is 0.0940. The third kappa shape index (κ3) is 6.27. The van der Waals surface area contributed by atoms with Crippen molar-refractivity contribution in [1.82, 2.24) is 5.32 Å². The van der Waals surface area contributed by atoms with Gasteiger partial charge < -0.3 is 15.3 Å². The van der Waals surface area contributed by atoms with Crippen molar-refractivity contribution in [1.29, 1.82) is 0 Å². The van der Waals surface area contributed by atoms with Crippen LogP contribution in [0.25, 0.3) is 0 Å². The number of carbonyl (C=O) groups excluding carboxylic acids is 1. The lowest BCUT2D eigenvalue weighted by Crippen LogP contribution is -2.38. The fourth-order valence-electron chi connectivity index (χ4n) is 6.16. The van der Waals surface area contributed by atoms with Crippen LogP contribution in [0.5, 0.6) is 5.75 Å². The highest BCUT2D eigenvalue weighted by atomic mass is 35.5. The summed E-state index contributed by atoms with van der Waals surface area (Å²) in [5, 5.41) is 13.9. The zero-order chi connectivity index (χ0) is 27.5. The van der Waals surface area contributed by atoms with Crippen LogP contribution in [0.4, 0.5) is 5.69 Å². The summed E-state index contributed by atoms with van der Waals surface area (Å²) in [6.45, 7) is 7.58. The minimum Gasteiger partial charge on any atom is -0.508 e. The molecule has 206 valence electrons. The van der Waals surface area contributed by atoms with Crippen LogP contribution in [0.15, 0.2) is 60.7 Å². The van der Waals surface area contributed by atoms with Crippen molar-refractivity contribution in [3.63, 3.8) is 0 Å². The Morgan fingerprint density at radius 1 is 1.08 bits per heavy atom. The van der Waals surface area contributed by atoms with E-state index in [-0.39, 0.29) is 23.6 Å². The first-order valence-corrected chi connectivity index (χ1v) is 15.0. The number of aryl methyl sites for hydroxylation is 1. The van der Waals surface area contributed by atoms with Gasteiger partial charge in [0.2, 0.25) is 0 Å². The molecule has 2 aliphatic rings. The van der Waals surface area contributed by atoms with Gasteiger partial charge in [-0.15, -0.1) is 0 Å². The third-order valence-corrected chi connectivity index (χ3v) is 9.02. The molecule has 0 aromatic heterocycles. The highest BCUT2D eigenvalue weighted by molar-refractivity contribution is 6.30. The first kappa shape index (κ1) is 27.6. The summed E-state index contributed by atoms with van der Waals surface area (Å²) < 4.78 is 0. The van der Waals surface area contributed by atoms with E-state index < -0.39 is 0 Å². The van der Waals surface area contributed by atoms with Crippen molar-refractivity contribution >= 4 is 23.2 Å². The molecule has 3 aromatic rings. The van der Waals surface area contributed by atoms with E-state index in [0.29, 0.717) is 22.5 Å². The van der Waals surface area contributed by atoms with E-state index >= 15 is 0 Å². The standard InChI is InChI=1S/C34H41ClN2O2/c1-4-5-7-24-10-12-27(13-11-24)22(2)36-34(39)28-14-15-31-32(18-26-16-29(35)20-30(38)17-26)23(3)37(33(31)19-28)21-25-8-6-9-25/h10-17,19-20,22-23,25,32,38H,4-9,18,21H2,1-3H3,(H,36,39)/t22-,23?,32?/m0/s1. The average Bonchev–Trinajstić information content (AvgIpc) is 3.14. The molecule has 0 saturated heterocycles. The monoisotopic (exact) mass is 544 g/mol. The van der Waals surface area contributed by atoms with Gasteiger partial charge in [0.25, 0.3) is 5.91 Å². The Balaban J connectivity index is 1.35. The van der Waals surface area contributed by atoms with Gasteiger partial charge in [0, 0.05) is 34.8 Å². The summed E-state index contributed by atoms with van der Waals surface area (Å²) in [4.78, 5) is 15.9. The quantitative estimate of drug-likeness (QED) is 0.270. The van der Waals surface area contributed by atoms with E-state index in [4.69, 9.17) is 11.6 Å². The molecule has 1 heterocycles. The second-order valence-electron chi connectivity index (χ2n) is 11.6. The normalized spacial score (nSPS) is 19.4. The van der Waals surface area contributed by atoms with Crippen molar-refractivity contribution in [2.24, 2.45) is 5.92 Å². The first-order chi connectivity index (χ1) is 18.8. The Kier molecular flexibility index (Phi) is 8.52. The number of carbonyl (C=O) groups is 1. The van der Waals surface area contributed by atoms with Crippen LogP contribution < -0.4 is 10.2 Å². The summed E-state index contributed by atoms with van der Waals surface area (Å²) >= 11 is 6.25. The van der Waals surface area contributed by atoms with Gasteiger partial charge in [-0.2, -0.15) is 0 Å². The Hall–Kier alpha value is -2.98. The van der Waals surface area contributed by atoms with Crippen molar-refractivity contribution in [3.8, 4) is 5.75 Å². The molecule has 39 heavy (non-hydrogen) atoms. The van der Waals surface area contributed by atoms with Crippen LogP contribution in [-0.2, 0) is 12.8 Å². The summed E-state index contributed by atoms with van der Waals surface area (Å²) in [5.74, 6) is 1.14. The van der Waals surface area contributed by atoms with E-state index in [2.05, 4.69) is 60.5 Å². The smallest absolute Gasteiger partial charge is 0.251 e. The third-order valence-electron chi connectivity index (χ3n) is 8.80. The molecule has 3 aromatic carbocycles. The number of fused-ring (bicyclic) bond motifs is 1. The highest BCUT2D eigenvalue weighted by Gasteiger charge is 2.38. The SMILES string of the molecule is CCCCc1ccc([C@H](C)NC(=O)c2ccc3c(c2)N(CC2CCC2)C(C)C3Cc2cc(O)cc(Cl)c2)cc1. The molecule has 0 spiro atoms. The Morgan fingerprint density at radius 2 is 1.85 bits per heavy atom. The van der Waals surface area contributed by atoms with Crippen molar-refractivity contribution in [2.75, 3.05) is 11.4 Å². The van der Waals surface area contributed by atoms with Gasteiger partial charge in [0.1, 0.15) is 5.75 Å². The first-order valence-electron chi connectivity index (χ1n) is 14.6. The van der Waals surface area contributed by atoms with Gasteiger partial charge in [-0.3, -0.25) is 4.79 Å². The second-order valence-corrected chi connectivity index (χ2v) is 12.1. The van der Waals surface area contributed by atoms with Gasteiger partial charge >= 0.3 is 0 Å². The average molecular weight is 545 g/mol. The Bertz CT molecular complexity index is 1280. The number of phenols is 1. The number of nitrogens with zero attached hydrogens (tertiary/aromatic N) is 1. The maximum Gasteiger partial charge on any atom is 0.251 e. The molecule has 3 atom stereocenters. The Labute approximate surface area is 238 Å². The van der Waals surface area contributed by atoms with Crippen molar-refractivity contribution in [3.05, 3.63) is 93.5 Å². The largest absolute Gasteiger partial charge is 0.508 e. The molecule has 1 saturated carbocycles. The molecule has 1 aliphatic carbocycles. The zero-order valence-electron chi connectivity index (χ0n) is 23.4. The summed E-state index contributed by atoms with van der Waals surface area (Å²) in [6, 6.07) is 20.4. The molecule has 5 rings (SSSR count).